The molecule has 2 heterocycles. The van der Waals surface area contributed by atoms with Crippen molar-refractivity contribution >= 4 is 29.0 Å². The number of piperidine rings is 1. The minimum absolute atomic E-state index is 0.00159. The molecule has 3 aromatic rings. The Kier molecular flexibility index (Phi) is 5.76. The molecule has 1 saturated heterocycles. The minimum atomic E-state index is 0.00159. The highest BCUT2D eigenvalue weighted by Crippen LogP contribution is 2.25. The molecule has 0 aliphatic carbocycles. The first-order valence-electron chi connectivity index (χ1n) is 9.80. The maximum Gasteiger partial charge on any atom is 0.227 e. The summed E-state index contributed by atoms with van der Waals surface area (Å²) in [6, 6.07) is 19.5. The van der Waals surface area contributed by atoms with Crippen molar-refractivity contribution < 1.29 is 4.79 Å². The molecule has 2 aromatic carbocycles. The molecule has 148 valence electrons. The van der Waals surface area contributed by atoms with Gasteiger partial charge in [-0.15, -0.1) is 10.2 Å². The Hall–Kier alpha value is -2.92. The van der Waals surface area contributed by atoms with Gasteiger partial charge in [-0.25, -0.2) is 0 Å². The van der Waals surface area contributed by atoms with Crippen LogP contribution in [0.2, 0.25) is 5.02 Å². The normalized spacial score (nSPS) is 14.6. The number of hydrogen-bond acceptors (Lipinski definition) is 4. The second-order valence-electron chi connectivity index (χ2n) is 7.40. The average Bonchev–Trinajstić information content (AvgIpc) is 2.76. The lowest BCUT2D eigenvalue weighted by molar-refractivity contribution is -0.120. The zero-order valence-corrected chi connectivity index (χ0v) is 17.1. The molecule has 4 rings (SSSR count). The van der Waals surface area contributed by atoms with Crippen molar-refractivity contribution in [2.45, 2.75) is 19.8 Å². The predicted molar refractivity (Wildman–Crippen MR) is 117 cm³/mol. The summed E-state index contributed by atoms with van der Waals surface area (Å²) in [4.78, 5) is 14.7. The van der Waals surface area contributed by atoms with E-state index < -0.39 is 0 Å². The molecule has 0 atom stereocenters. The number of hydrogen-bond donors (Lipinski definition) is 1. The fourth-order valence-electron chi connectivity index (χ4n) is 3.52. The smallest absolute Gasteiger partial charge is 0.227 e. The summed E-state index contributed by atoms with van der Waals surface area (Å²) in [5.41, 5.74) is 3.93. The van der Waals surface area contributed by atoms with Gasteiger partial charge in [-0.1, -0.05) is 41.4 Å². The Morgan fingerprint density at radius 2 is 1.66 bits per heavy atom. The monoisotopic (exact) mass is 406 g/mol. The van der Waals surface area contributed by atoms with Crippen LogP contribution in [0.5, 0.6) is 0 Å². The Morgan fingerprint density at radius 3 is 2.28 bits per heavy atom. The Labute approximate surface area is 175 Å². The van der Waals surface area contributed by atoms with Gasteiger partial charge >= 0.3 is 0 Å². The lowest BCUT2D eigenvalue weighted by Crippen LogP contribution is -2.38. The van der Waals surface area contributed by atoms with E-state index in [4.69, 9.17) is 11.6 Å². The van der Waals surface area contributed by atoms with Gasteiger partial charge in [-0.05, 0) is 56.2 Å². The number of aryl methyl sites for hydroxylation is 1. The molecule has 5 nitrogen and oxygen atoms in total. The van der Waals surface area contributed by atoms with Gasteiger partial charge in [0.1, 0.15) is 0 Å². The molecule has 0 unspecified atom stereocenters. The van der Waals surface area contributed by atoms with Crippen molar-refractivity contribution in [1.29, 1.82) is 0 Å². The third-order valence-electron chi connectivity index (χ3n) is 5.30. The lowest BCUT2D eigenvalue weighted by atomic mass is 9.96. The topological polar surface area (TPSA) is 58.1 Å². The van der Waals surface area contributed by atoms with E-state index in [-0.39, 0.29) is 11.8 Å². The minimum Gasteiger partial charge on any atom is -0.355 e. The van der Waals surface area contributed by atoms with E-state index in [2.05, 4.69) is 51.6 Å². The van der Waals surface area contributed by atoms with Crippen LogP contribution < -0.4 is 10.2 Å². The number of rotatable bonds is 4. The number of carbonyl (C=O) groups excluding carboxylic acids is 1. The molecule has 1 amide bonds. The number of nitrogens with zero attached hydrogens (tertiary/aromatic N) is 3. The van der Waals surface area contributed by atoms with Gasteiger partial charge in [-0.3, -0.25) is 4.79 Å². The number of carbonyl (C=O) groups is 1. The largest absolute Gasteiger partial charge is 0.355 e. The zero-order chi connectivity index (χ0) is 20.2. The fourth-order valence-corrected chi connectivity index (χ4v) is 3.65. The highest BCUT2D eigenvalue weighted by molar-refractivity contribution is 6.30. The molecule has 1 N–H and O–H groups in total. The van der Waals surface area contributed by atoms with Crippen LogP contribution in [0, 0.1) is 12.8 Å². The van der Waals surface area contributed by atoms with Crippen LogP contribution in [-0.2, 0) is 4.79 Å². The fraction of sp³-hybridized carbons (Fsp3) is 0.261. The molecule has 6 heteroatoms. The first kappa shape index (κ1) is 19.4. The van der Waals surface area contributed by atoms with Crippen LogP contribution >= 0.6 is 11.6 Å². The SMILES string of the molecule is Cc1ccc(-c2ccc(N3CCC(C(=O)Nc4ccc(Cl)cc4)CC3)nn2)cc1. The third-order valence-corrected chi connectivity index (χ3v) is 5.55. The van der Waals surface area contributed by atoms with Gasteiger partial charge in [0.15, 0.2) is 5.82 Å². The number of amides is 1. The van der Waals surface area contributed by atoms with Crippen LogP contribution in [0.1, 0.15) is 18.4 Å². The van der Waals surface area contributed by atoms with Crippen molar-refractivity contribution in [3.05, 3.63) is 71.2 Å². The lowest BCUT2D eigenvalue weighted by Gasteiger charge is -2.31. The summed E-state index contributed by atoms with van der Waals surface area (Å²) in [6.07, 6.45) is 1.58. The van der Waals surface area contributed by atoms with Crippen LogP contribution in [0.25, 0.3) is 11.3 Å². The van der Waals surface area contributed by atoms with E-state index in [0.29, 0.717) is 5.02 Å². The molecule has 1 aromatic heterocycles. The second kappa shape index (κ2) is 8.62. The summed E-state index contributed by atoms with van der Waals surface area (Å²) in [6.45, 7) is 3.65. The van der Waals surface area contributed by atoms with Gasteiger partial charge in [0, 0.05) is 35.3 Å². The molecular formula is C23H23ClN4O. The van der Waals surface area contributed by atoms with Gasteiger partial charge < -0.3 is 10.2 Å². The second-order valence-corrected chi connectivity index (χ2v) is 7.84. The Bertz CT molecular complexity index is 963. The standard InChI is InChI=1S/C23H23ClN4O/c1-16-2-4-17(5-3-16)21-10-11-22(27-26-21)28-14-12-18(13-15-28)23(29)25-20-8-6-19(24)7-9-20/h2-11,18H,12-15H2,1H3,(H,25,29). The van der Waals surface area contributed by atoms with E-state index in [1.54, 1.807) is 12.1 Å². The maximum absolute atomic E-state index is 12.5. The highest BCUT2D eigenvalue weighted by atomic mass is 35.5. The van der Waals surface area contributed by atoms with Crippen molar-refractivity contribution in [1.82, 2.24) is 10.2 Å². The Balaban J connectivity index is 1.33. The van der Waals surface area contributed by atoms with Crippen molar-refractivity contribution in [3.8, 4) is 11.3 Å². The molecule has 1 aliphatic heterocycles. The molecular weight excluding hydrogens is 384 g/mol. The van der Waals surface area contributed by atoms with Gasteiger partial charge in [-0.2, -0.15) is 0 Å². The molecule has 0 bridgehead atoms. The summed E-state index contributed by atoms with van der Waals surface area (Å²) in [5, 5.41) is 12.4. The highest BCUT2D eigenvalue weighted by Gasteiger charge is 2.26. The van der Waals surface area contributed by atoms with Crippen LogP contribution in [0.3, 0.4) is 0 Å². The quantitative estimate of drug-likeness (QED) is 0.665. The van der Waals surface area contributed by atoms with Crippen molar-refractivity contribution in [2.24, 2.45) is 5.92 Å². The Morgan fingerprint density at radius 1 is 0.966 bits per heavy atom. The van der Waals surface area contributed by atoms with Crippen LogP contribution in [0.4, 0.5) is 11.5 Å². The van der Waals surface area contributed by atoms with E-state index in [1.165, 1.54) is 5.56 Å². The summed E-state index contributed by atoms with van der Waals surface area (Å²) in [5.74, 6) is 0.923. The van der Waals surface area contributed by atoms with Crippen LogP contribution in [0.15, 0.2) is 60.7 Å². The number of anilines is 2. The number of nitrogens with one attached hydrogen (secondary N) is 1. The number of halogens is 1. The first-order valence-corrected chi connectivity index (χ1v) is 10.2. The van der Waals surface area contributed by atoms with E-state index in [9.17, 15) is 4.79 Å². The number of benzene rings is 2. The van der Waals surface area contributed by atoms with E-state index >= 15 is 0 Å². The van der Waals surface area contributed by atoms with Gasteiger partial charge in [0.25, 0.3) is 0 Å². The van der Waals surface area contributed by atoms with Gasteiger partial charge in [0.05, 0.1) is 5.69 Å². The maximum atomic E-state index is 12.5. The molecule has 0 spiro atoms. The molecule has 29 heavy (non-hydrogen) atoms. The molecule has 1 fully saturated rings. The molecule has 1 aliphatic rings. The van der Waals surface area contributed by atoms with Crippen molar-refractivity contribution in [2.75, 3.05) is 23.3 Å². The third kappa shape index (κ3) is 4.74. The van der Waals surface area contributed by atoms with Gasteiger partial charge in [0.2, 0.25) is 5.91 Å². The van der Waals surface area contributed by atoms with Crippen molar-refractivity contribution in [3.63, 3.8) is 0 Å². The zero-order valence-electron chi connectivity index (χ0n) is 16.3. The van der Waals surface area contributed by atoms with Crippen LogP contribution in [-0.4, -0.2) is 29.2 Å². The predicted octanol–water partition coefficient (Wildman–Crippen LogP) is 4.96. The number of aromatic nitrogens is 2. The van der Waals surface area contributed by atoms with E-state index in [1.807, 2.05) is 24.3 Å². The average molecular weight is 407 g/mol. The molecule has 0 saturated carbocycles. The summed E-state index contributed by atoms with van der Waals surface area (Å²) < 4.78 is 0. The molecule has 0 radical (unpaired) electrons. The summed E-state index contributed by atoms with van der Waals surface area (Å²) >= 11 is 5.89. The summed E-state index contributed by atoms with van der Waals surface area (Å²) in [7, 11) is 0. The van der Waals surface area contributed by atoms with E-state index in [0.717, 1.165) is 48.7 Å². The first-order chi connectivity index (χ1) is 14.1.